The minimum Gasteiger partial charge on any atom is -0.324 e. The van der Waals surface area contributed by atoms with Crippen molar-refractivity contribution in [3.8, 4) is 11.4 Å². The Morgan fingerprint density at radius 3 is 2.78 bits per heavy atom. The van der Waals surface area contributed by atoms with Gasteiger partial charge in [0.25, 0.3) is 5.69 Å². The molecule has 1 aromatic carbocycles. The van der Waals surface area contributed by atoms with E-state index in [2.05, 4.69) is 10.2 Å². The van der Waals surface area contributed by atoms with Crippen molar-refractivity contribution in [3.05, 3.63) is 40.0 Å². The third-order valence-corrected chi connectivity index (χ3v) is 2.54. The number of nitrogens with two attached hydrogens (primary N) is 1. The lowest BCUT2D eigenvalue weighted by Gasteiger charge is -2.03. The van der Waals surface area contributed by atoms with Crippen LogP contribution < -0.4 is 5.73 Å². The molecule has 0 fully saturated rings. The summed E-state index contributed by atoms with van der Waals surface area (Å²) < 4.78 is 14.7. The standard InChI is InChI=1S/C10H10FN5O2/c1-15-9(5-12)13-14-10(15)7-4-6(11)2-3-8(7)16(17)18/h2-4H,5,12H2,1H3. The van der Waals surface area contributed by atoms with E-state index in [1.165, 1.54) is 4.57 Å². The molecule has 1 heterocycles. The zero-order valence-corrected chi connectivity index (χ0v) is 9.50. The van der Waals surface area contributed by atoms with Crippen LogP contribution in [-0.4, -0.2) is 19.7 Å². The Hall–Kier alpha value is -2.35. The molecule has 2 rings (SSSR count). The van der Waals surface area contributed by atoms with Crippen LogP contribution in [0, 0.1) is 15.9 Å². The molecule has 0 spiro atoms. The van der Waals surface area contributed by atoms with E-state index in [4.69, 9.17) is 5.73 Å². The van der Waals surface area contributed by atoms with Crippen LogP contribution in [0.25, 0.3) is 11.4 Å². The van der Waals surface area contributed by atoms with Crippen molar-refractivity contribution in [1.29, 1.82) is 0 Å². The van der Waals surface area contributed by atoms with Gasteiger partial charge in [0.05, 0.1) is 17.0 Å². The Labute approximate surface area is 101 Å². The van der Waals surface area contributed by atoms with E-state index in [1.54, 1.807) is 7.05 Å². The number of halogens is 1. The fourth-order valence-corrected chi connectivity index (χ4v) is 1.62. The van der Waals surface area contributed by atoms with E-state index in [0.717, 1.165) is 18.2 Å². The normalized spacial score (nSPS) is 10.6. The van der Waals surface area contributed by atoms with Crippen molar-refractivity contribution in [2.24, 2.45) is 12.8 Å². The van der Waals surface area contributed by atoms with Gasteiger partial charge in [-0.1, -0.05) is 0 Å². The van der Waals surface area contributed by atoms with Gasteiger partial charge in [-0.15, -0.1) is 10.2 Å². The lowest BCUT2D eigenvalue weighted by atomic mass is 10.1. The molecule has 0 saturated heterocycles. The topological polar surface area (TPSA) is 99.9 Å². The van der Waals surface area contributed by atoms with Crippen LogP contribution in [-0.2, 0) is 13.6 Å². The van der Waals surface area contributed by atoms with E-state index in [-0.39, 0.29) is 23.6 Å². The van der Waals surface area contributed by atoms with E-state index in [9.17, 15) is 14.5 Å². The molecule has 1 aromatic heterocycles. The Kier molecular flexibility index (Phi) is 3.02. The SMILES string of the molecule is Cn1c(CN)nnc1-c1cc(F)ccc1[N+](=O)[O-]. The molecule has 0 aliphatic rings. The quantitative estimate of drug-likeness (QED) is 0.647. The van der Waals surface area contributed by atoms with Crippen LogP contribution >= 0.6 is 0 Å². The molecule has 8 heteroatoms. The Morgan fingerprint density at radius 1 is 1.50 bits per heavy atom. The molecule has 0 saturated carbocycles. The molecule has 0 aliphatic heterocycles. The summed E-state index contributed by atoms with van der Waals surface area (Å²) in [6.07, 6.45) is 0. The Balaban J connectivity index is 2.65. The van der Waals surface area contributed by atoms with Crippen molar-refractivity contribution >= 4 is 5.69 Å². The van der Waals surface area contributed by atoms with E-state index >= 15 is 0 Å². The van der Waals surface area contributed by atoms with Gasteiger partial charge in [0.15, 0.2) is 5.82 Å². The predicted molar refractivity (Wildman–Crippen MR) is 60.9 cm³/mol. The molecule has 0 amide bonds. The van der Waals surface area contributed by atoms with Gasteiger partial charge in [-0.3, -0.25) is 10.1 Å². The second-order valence-electron chi connectivity index (χ2n) is 3.62. The van der Waals surface area contributed by atoms with Gasteiger partial charge < -0.3 is 10.3 Å². The monoisotopic (exact) mass is 251 g/mol. The van der Waals surface area contributed by atoms with E-state index < -0.39 is 10.7 Å². The first-order valence-corrected chi connectivity index (χ1v) is 5.07. The summed E-state index contributed by atoms with van der Waals surface area (Å²) in [5, 5.41) is 18.5. The molecule has 18 heavy (non-hydrogen) atoms. The molecule has 94 valence electrons. The summed E-state index contributed by atoms with van der Waals surface area (Å²) in [5.41, 5.74) is 5.29. The van der Waals surface area contributed by atoms with Gasteiger partial charge in [0, 0.05) is 13.1 Å². The van der Waals surface area contributed by atoms with Crippen LogP contribution in [0.4, 0.5) is 10.1 Å². The fraction of sp³-hybridized carbons (Fsp3) is 0.200. The summed E-state index contributed by atoms with van der Waals surface area (Å²) in [5.74, 6) is 0.0955. The number of nitrogens with zero attached hydrogens (tertiary/aromatic N) is 4. The Morgan fingerprint density at radius 2 is 2.22 bits per heavy atom. The highest BCUT2D eigenvalue weighted by Gasteiger charge is 2.21. The molecule has 0 aliphatic carbocycles. The first-order valence-electron chi connectivity index (χ1n) is 5.07. The van der Waals surface area contributed by atoms with Crippen LogP contribution in [0.5, 0.6) is 0 Å². The van der Waals surface area contributed by atoms with Gasteiger partial charge in [-0.25, -0.2) is 4.39 Å². The fourth-order valence-electron chi connectivity index (χ4n) is 1.62. The third kappa shape index (κ3) is 1.93. The first kappa shape index (κ1) is 12.1. The maximum absolute atomic E-state index is 13.2. The summed E-state index contributed by atoms with van der Waals surface area (Å²) in [6.45, 7) is 0.145. The lowest BCUT2D eigenvalue weighted by molar-refractivity contribution is -0.384. The number of aromatic nitrogens is 3. The van der Waals surface area contributed by atoms with Crippen molar-refractivity contribution in [1.82, 2.24) is 14.8 Å². The predicted octanol–water partition coefficient (Wildman–Crippen LogP) is 0.988. The molecule has 7 nitrogen and oxygen atoms in total. The average Bonchev–Trinajstić information content (AvgIpc) is 2.69. The smallest absolute Gasteiger partial charge is 0.280 e. The second kappa shape index (κ2) is 4.49. The summed E-state index contributed by atoms with van der Waals surface area (Å²) in [4.78, 5) is 10.3. The maximum Gasteiger partial charge on any atom is 0.280 e. The highest BCUT2D eigenvalue weighted by atomic mass is 19.1. The van der Waals surface area contributed by atoms with Crippen LogP contribution in [0.15, 0.2) is 18.2 Å². The Bertz CT molecular complexity index is 610. The zero-order chi connectivity index (χ0) is 13.3. The van der Waals surface area contributed by atoms with Crippen molar-refractivity contribution in [3.63, 3.8) is 0 Å². The van der Waals surface area contributed by atoms with Gasteiger partial charge in [0.2, 0.25) is 0 Å². The molecular formula is C10H10FN5O2. The molecule has 0 atom stereocenters. The van der Waals surface area contributed by atoms with E-state index in [1.807, 2.05) is 0 Å². The molecular weight excluding hydrogens is 241 g/mol. The minimum atomic E-state index is -0.592. The highest BCUT2D eigenvalue weighted by molar-refractivity contribution is 5.68. The summed E-state index contributed by atoms with van der Waals surface area (Å²) >= 11 is 0. The van der Waals surface area contributed by atoms with Gasteiger partial charge >= 0.3 is 0 Å². The van der Waals surface area contributed by atoms with Gasteiger partial charge in [0.1, 0.15) is 11.6 Å². The van der Waals surface area contributed by atoms with Crippen molar-refractivity contribution in [2.75, 3.05) is 0 Å². The number of hydrogen-bond acceptors (Lipinski definition) is 5. The molecule has 2 N–H and O–H groups in total. The lowest BCUT2D eigenvalue weighted by Crippen LogP contribution is -2.06. The molecule has 0 unspecified atom stereocenters. The van der Waals surface area contributed by atoms with Crippen LogP contribution in [0.1, 0.15) is 5.82 Å². The average molecular weight is 251 g/mol. The number of benzene rings is 1. The summed E-state index contributed by atoms with van der Waals surface area (Å²) in [6, 6.07) is 3.19. The van der Waals surface area contributed by atoms with Crippen molar-refractivity contribution < 1.29 is 9.31 Å². The highest BCUT2D eigenvalue weighted by Crippen LogP contribution is 2.29. The second-order valence-corrected chi connectivity index (χ2v) is 3.62. The minimum absolute atomic E-state index is 0.0784. The zero-order valence-electron chi connectivity index (χ0n) is 9.50. The number of nitro benzene ring substituents is 1. The molecule has 0 radical (unpaired) electrons. The van der Waals surface area contributed by atoms with Gasteiger partial charge in [-0.05, 0) is 12.1 Å². The number of nitro groups is 1. The number of hydrogen-bond donors (Lipinski definition) is 1. The maximum atomic E-state index is 13.2. The van der Waals surface area contributed by atoms with E-state index in [0.29, 0.717) is 5.82 Å². The molecule has 0 bridgehead atoms. The van der Waals surface area contributed by atoms with Crippen LogP contribution in [0.3, 0.4) is 0 Å². The first-order chi connectivity index (χ1) is 8.54. The summed E-state index contributed by atoms with van der Waals surface area (Å²) in [7, 11) is 1.62. The van der Waals surface area contributed by atoms with Crippen molar-refractivity contribution in [2.45, 2.75) is 6.54 Å². The van der Waals surface area contributed by atoms with Gasteiger partial charge in [-0.2, -0.15) is 0 Å². The largest absolute Gasteiger partial charge is 0.324 e. The van der Waals surface area contributed by atoms with Crippen LogP contribution in [0.2, 0.25) is 0 Å². The third-order valence-electron chi connectivity index (χ3n) is 2.54. The molecule has 2 aromatic rings. The number of rotatable bonds is 3.